The lowest BCUT2D eigenvalue weighted by Crippen LogP contribution is -2.46. The van der Waals surface area contributed by atoms with Gasteiger partial charge in [0.25, 0.3) is 5.56 Å². The molecule has 1 saturated carbocycles. The molecular weight excluding hydrogens is 310 g/mol. The number of methoxy groups -OCH3 is 1. The van der Waals surface area contributed by atoms with Crippen molar-refractivity contribution in [1.82, 2.24) is 15.3 Å². The molecule has 3 rings (SSSR count). The number of aromatic amines is 1. The van der Waals surface area contributed by atoms with Gasteiger partial charge in [-0.15, -0.1) is 0 Å². The van der Waals surface area contributed by atoms with Gasteiger partial charge in [0.1, 0.15) is 5.82 Å². The SMILES string of the molecule is COc1cnc(C2(NC(=O)CC[C@H]3CCCO3)CCCC2)[nH]c1=O. The molecule has 1 aliphatic carbocycles. The van der Waals surface area contributed by atoms with Gasteiger partial charge in [-0.25, -0.2) is 4.98 Å². The predicted molar refractivity (Wildman–Crippen MR) is 87.9 cm³/mol. The molecule has 2 N–H and O–H groups in total. The number of nitrogens with one attached hydrogen (secondary N) is 2. The largest absolute Gasteiger partial charge is 0.490 e. The van der Waals surface area contributed by atoms with Crippen LogP contribution < -0.4 is 15.6 Å². The van der Waals surface area contributed by atoms with E-state index in [0.29, 0.717) is 12.2 Å². The molecule has 2 fully saturated rings. The lowest BCUT2D eigenvalue weighted by molar-refractivity contribution is -0.123. The first kappa shape index (κ1) is 17.0. The van der Waals surface area contributed by atoms with Crippen molar-refractivity contribution in [3.05, 3.63) is 22.4 Å². The predicted octanol–water partition coefficient (Wildman–Crippen LogP) is 1.62. The van der Waals surface area contributed by atoms with Gasteiger partial charge in [0.15, 0.2) is 0 Å². The summed E-state index contributed by atoms with van der Waals surface area (Å²) in [5.41, 5.74) is -0.888. The first-order valence-electron chi connectivity index (χ1n) is 8.69. The molecule has 0 aromatic carbocycles. The van der Waals surface area contributed by atoms with E-state index in [4.69, 9.17) is 9.47 Å². The topological polar surface area (TPSA) is 93.3 Å². The second-order valence-corrected chi connectivity index (χ2v) is 6.64. The lowest BCUT2D eigenvalue weighted by atomic mass is 9.95. The summed E-state index contributed by atoms with van der Waals surface area (Å²) in [6.45, 7) is 0.799. The molecule has 0 spiro atoms. The van der Waals surface area contributed by atoms with Crippen LogP contribution in [0.15, 0.2) is 11.0 Å². The van der Waals surface area contributed by atoms with Crippen molar-refractivity contribution < 1.29 is 14.3 Å². The summed E-state index contributed by atoms with van der Waals surface area (Å²) in [5, 5.41) is 3.13. The molecule has 24 heavy (non-hydrogen) atoms. The molecule has 2 heterocycles. The third-order valence-corrected chi connectivity index (χ3v) is 4.99. The van der Waals surface area contributed by atoms with E-state index in [1.807, 2.05) is 0 Å². The minimum Gasteiger partial charge on any atom is -0.490 e. The van der Waals surface area contributed by atoms with E-state index in [0.717, 1.165) is 51.6 Å². The summed E-state index contributed by atoms with van der Waals surface area (Å²) in [6, 6.07) is 0. The first-order valence-corrected chi connectivity index (χ1v) is 8.69. The van der Waals surface area contributed by atoms with Crippen LogP contribution in [0.5, 0.6) is 5.75 Å². The second-order valence-electron chi connectivity index (χ2n) is 6.64. The molecule has 7 nitrogen and oxygen atoms in total. The van der Waals surface area contributed by atoms with E-state index in [1.54, 1.807) is 0 Å². The molecule has 1 aromatic heterocycles. The normalized spacial score (nSPS) is 22.5. The highest BCUT2D eigenvalue weighted by Gasteiger charge is 2.39. The van der Waals surface area contributed by atoms with Crippen molar-refractivity contribution >= 4 is 5.91 Å². The number of H-pyrrole nitrogens is 1. The zero-order valence-electron chi connectivity index (χ0n) is 14.1. The number of carbonyl (C=O) groups is 1. The van der Waals surface area contributed by atoms with Crippen LogP contribution in [-0.2, 0) is 15.1 Å². The Balaban J connectivity index is 1.69. The van der Waals surface area contributed by atoms with Gasteiger partial charge in [-0.2, -0.15) is 0 Å². The number of aromatic nitrogens is 2. The van der Waals surface area contributed by atoms with Crippen molar-refractivity contribution in [2.75, 3.05) is 13.7 Å². The quantitative estimate of drug-likeness (QED) is 0.824. The summed E-state index contributed by atoms with van der Waals surface area (Å²) in [7, 11) is 1.43. The van der Waals surface area contributed by atoms with Crippen LogP contribution in [0.4, 0.5) is 0 Å². The summed E-state index contributed by atoms with van der Waals surface area (Å²) in [6.07, 6.45) is 8.49. The van der Waals surface area contributed by atoms with Crippen LogP contribution in [-0.4, -0.2) is 35.7 Å². The molecule has 1 aliphatic heterocycles. The van der Waals surface area contributed by atoms with Crippen LogP contribution in [0.3, 0.4) is 0 Å². The van der Waals surface area contributed by atoms with Crippen LogP contribution in [0, 0.1) is 0 Å². The molecule has 2 aliphatic rings. The van der Waals surface area contributed by atoms with Gasteiger partial charge in [0.05, 0.1) is 24.9 Å². The van der Waals surface area contributed by atoms with Crippen molar-refractivity contribution in [2.24, 2.45) is 0 Å². The van der Waals surface area contributed by atoms with Crippen molar-refractivity contribution in [3.63, 3.8) is 0 Å². The van der Waals surface area contributed by atoms with Gasteiger partial charge < -0.3 is 19.8 Å². The second kappa shape index (κ2) is 7.34. The number of rotatable bonds is 6. The van der Waals surface area contributed by atoms with E-state index in [1.165, 1.54) is 13.3 Å². The Kier molecular flexibility index (Phi) is 5.18. The zero-order valence-corrected chi connectivity index (χ0v) is 14.1. The van der Waals surface area contributed by atoms with E-state index >= 15 is 0 Å². The van der Waals surface area contributed by atoms with Crippen molar-refractivity contribution in [2.45, 2.75) is 63.0 Å². The van der Waals surface area contributed by atoms with Gasteiger partial charge in [-0.1, -0.05) is 12.8 Å². The minimum absolute atomic E-state index is 0.00846. The Labute approximate surface area is 141 Å². The molecule has 1 aromatic rings. The number of ether oxygens (including phenoxy) is 2. The highest BCUT2D eigenvalue weighted by atomic mass is 16.5. The van der Waals surface area contributed by atoms with Crippen LogP contribution in [0.2, 0.25) is 0 Å². The lowest BCUT2D eigenvalue weighted by Gasteiger charge is -2.29. The van der Waals surface area contributed by atoms with Crippen molar-refractivity contribution in [1.29, 1.82) is 0 Å². The summed E-state index contributed by atoms with van der Waals surface area (Å²) < 4.78 is 10.5. The van der Waals surface area contributed by atoms with E-state index in [9.17, 15) is 9.59 Å². The number of hydrogen-bond acceptors (Lipinski definition) is 5. The molecule has 1 atom stereocenters. The first-order chi connectivity index (χ1) is 11.6. The van der Waals surface area contributed by atoms with Gasteiger partial charge in [0, 0.05) is 13.0 Å². The Morgan fingerprint density at radius 3 is 2.88 bits per heavy atom. The van der Waals surface area contributed by atoms with Crippen LogP contribution in [0.25, 0.3) is 0 Å². The maximum atomic E-state index is 12.4. The number of carbonyl (C=O) groups excluding carboxylic acids is 1. The molecule has 0 unspecified atom stereocenters. The summed E-state index contributed by atoms with van der Waals surface area (Å²) in [4.78, 5) is 31.6. The van der Waals surface area contributed by atoms with Crippen molar-refractivity contribution in [3.8, 4) is 5.75 Å². The van der Waals surface area contributed by atoms with Gasteiger partial charge in [0.2, 0.25) is 11.7 Å². The Hall–Kier alpha value is -1.89. The fraction of sp³-hybridized carbons (Fsp3) is 0.706. The van der Waals surface area contributed by atoms with E-state index in [-0.39, 0.29) is 23.3 Å². The van der Waals surface area contributed by atoms with E-state index in [2.05, 4.69) is 15.3 Å². The average molecular weight is 335 g/mol. The maximum Gasteiger partial charge on any atom is 0.293 e. The molecule has 132 valence electrons. The van der Waals surface area contributed by atoms with Gasteiger partial charge >= 0.3 is 0 Å². The minimum atomic E-state index is -0.570. The van der Waals surface area contributed by atoms with Crippen LogP contribution in [0.1, 0.15) is 57.2 Å². The zero-order chi connectivity index (χ0) is 17.0. The van der Waals surface area contributed by atoms with E-state index < -0.39 is 5.54 Å². The maximum absolute atomic E-state index is 12.4. The fourth-order valence-corrected chi connectivity index (χ4v) is 3.66. The Morgan fingerprint density at radius 1 is 1.46 bits per heavy atom. The Morgan fingerprint density at radius 2 is 2.25 bits per heavy atom. The molecule has 0 radical (unpaired) electrons. The Bertz CT molecular complexity index is 631. The third-order valence-electron chi connectivity index (χ3n) is 4.99. The number of nitrogens with zero attached hydrogens (tertiary/aromatic N) is 1. The van der Waals surface area contributed by atoms with Gasteiger partial charge in [-0.05, 0) is 32.1 Å². The fourth-order valence-electron chi connectivity index (χ4n) is 3.66. The average Bonchev–Trinajstić information content (AvgIpc) is 3.25. The standard InChI is InChI=1S/C17H25N3O4/c1-23-13-11-18-16(19-15(13)22)17(8-2-3-9-17)20-14(21)7-6-12-5-4-10-24-12/h11-12H,2-10H2,1H3,(H,20,21)(H,18,19,22)/t12-/m1/s1. The smallest absolute Gasteiger partial charge is 0.293 e. The molecular formula is C17H25N3O4. The summed E-state index contributed by atoms with van der Waals surface area (Å²) in [5.74, 6) is 0.693. The van der Waals surface area contributed by atoms with Crippen LogP contribution >= 0.6 is 0 Å². The molecule has 1 amide bonds. The monoisotopic (exact) mass is 335 g/mol. The molecule has 0 bridgehead atoms. The van der Waals surface area contributed by atoms with Gasteiger partial charge in [-0.3, -0.25) is 9.59 Å². The highest BCUT2D eigenvalue weighted by Crippen LogP contribution is 2.37. The molecule has 7 heteroatoms. The summed E-state index contributed by atoms with van der Waals surface area (Å²) >= 11 is 0. The molecule has 1 saturated heterocycles. The third kappa shape index (κ3) is 3.61. The number of hydrogen-bond donors (Lipinski definition) is 2. The highest BCUT2D eigenvalue weighted by molar-refractivity contribution is 5.77. The number of amides is 1.